The molecule has 13 heavy (non-hydrogen) atoms. The number of carbonyl (C=O) groups is 1. The summed E-state index contributed by atoms with van der Waals surface area (Å²) in [6.07, 6.45) is 0.240. The van der Waals surface area contributed by atoms with Crippen LogP contribution >= 0.6 is 11.8 Å². The van der Waals surface area contributed by atoms with Crippen LogP contribution in [0.1, 0.15) is 6.42 Å². The Morgan fingerprint density at radius 3 is 2.69 bits per heavy atom. The fourth-order valence-corrected chi connectivity index (χ4v) is 1.11. The molecule has 0 unspecified atom stereocenters. The van der Waals surface area contributed by atoms with Gasteiger partial charge in [-0.05, 0) is 0 Å². The summed E-state index contributed by atoms with van der Waals surface area (Å²) in [4.78, 5) is 14.1. The van der Waals surface area contributed by atoms with Gasteiger partial charge in [-0.2, -0.15) is 4.99 Å². The van der Waals surface area contributed by atoms with Gasteiger partial charge in [-0.25, -0.2) is 0 Å². The summed E-state index contributed by atoms with van der Waals surface area (Å²) < 4.78 is 4.41. The van der Waals surface area contributed by atoms with E-state index in [1.54, 1.807) is 0 Å². The Bertz CT molecular complexity index is 225. The molecule has 0 aromatic heterocycles. The molecule has 0 bridgehead atoms. The van der Waals surface area contributed by atoms with Gasteiger partial charge in [-0.3, -0.25) is 10.2 Å². The van der Waals surface area contributed by atoms with E-state index in [0.29, 0.717) is 5.75 Å². The summed E-state index contributed by atoms with van der Waals surface area (Å²) in [5.41, 5.74) is 10.1. The first-order valence-corrected chi connectivity index (χ1v) is 4.42. The zero-order valence-corrected chi connectivity index (χ0v) is 8.06. The van der Waals surface area contributed by atoms with Gasteiger partial charge in [0.1, 0.15) is 0 Å². The molecular weight excluding hydrogens is 192 g/mol. The smallest absolute Gasteiger partial charge is 0.306 e. The molecule has 5 N–H and O–H groups in total. The van der Waals surface area contributed by atoms with Crippen molar-refractivity contribution in [1.29, 1.82) is 5.41 Å². The minimum Gasteiger partial charge on any atom is -0.469 e. The van der Waals surface area contributed by atoms with Crippen LogP contribution in [-0.2, 0) is 9.53 Å². The topological polar surface area (TPSA) is 115 Å². The lowest BCUT2D eigenvalue weighted by Gasteiger charge is -1.98. The molecule has 0 amide bonds. The van der Waals surface area contributed by atoms with Gasteiger partial charge in [0.25, 0.3) is 0 Å². The molecule has 6 nitrogen and oxygen atoms in total. The van der Waals surface area contributed by atoms with Gasteiger partial charge in [0, 0.05) is 5.75 Å². The summed E-state index contributed by atoms with van der Waals surface area (Å²) in [6, 6.07) is 0. The summed E-state index contributed by atoms with van der Waals surface area (Å²) in [6.45, 7) is 0. The van der Waals surface area contributed by atoms with Crippen molar-refractivity contribution in [1.82, 2.24) is 0 Å². The third kappa shape index (κ3) is 7.13. The van der Waals surface area contributed by atoms with Crippen molar-refractivity contribution in [3.05, 3.63) is 0 Å². The van der Waals surface area contributed by atoms with Gasteiger partial charge >= 0.3 is 5.97 Å². The van der Waals surface area contributed by atoms with Crippen LogP contribution in [0.2, 0.25) is 0 Å². The van der Waals surface area contributed by atoms with Crippen molar-refractivity contribution >= 4 is 28.9 Å². The molecule has 7 heteroatoms. The molecule has 0 aliphatic carbocycles. The van der Waals surface area contributed by atoms with Crippen molar-refractivity contribution < 1.29 is 9.53 Å². The Balaban J connectivity index is 3.60. The number of methoxy groups -OCH3 is 1. The van der Waals surface area contributed by atoms with E-state index >= 15 is 0 Å². The Hall–Kier alpha value is -1.24. The van der Waals surface area contributed by atoms with Gasteiger partial charge < -0.3 is 16.2 Å². The van der Waals surface area contributed by atoms with Crippen LogP contribution in [0.4, 0.5) is 0 Å². The molecule has 0 heterocycles. The number of amidine groups is 1. The Kier molecular flexibility index (Phi) is 5.69. The highest BCUT2D eigenvalue weighted by Crippen LogP contribution is 2.05. The second kappa shape index (κ2) is 6.30. The van der Waals surface area contributed by atoms with E-state index in [0.717, 1.165) is 11.8 Å². The van der Waals surface area contributed by atoms with Crippen molar-refractivity contribution in [2.75, 3.05) is 12.9 Å². The molecule has 0 radical (unpaired) electrons. The zero-order chi connectivity index (χ0) is 10.3. The van der Waals surface area contributed by atoms with E-state index in [1.165, 1.54) is 7.11 Å². The van der Waals surface area contributed by atoms with E-state index in [4.69, 9.17) is 16.9 Å². The predicted molar refractivity (Wildman–Crippen MR) is 52.6 cm³/mol. The highest BCUT2D eigenvalue weighted by atomic mass is 32.2. The summed E-state index contributed by atoms with van der Waals surface area (Å²) in [5.74, 6) is -0.0389. The number of guanidine groups is 1. The van der Waals surface area contributed by atoms with E-state index in [2.05, 4.69) is 9.73 Å². The normalized spacial score (nSPS) is 9.00. The molecule has 0 aromatic carbocycles. The van der Waals surface area contributed by atoms with Crippen molar-refractivity contribution in [3.8, 4) is 0 Å². The van der Waals surface area contributed by atoms with Crippen LogP contribution in [0, 0.1) is 5.41 Å². The second-order valence-electron chi connectivity index (χ2n) is 2.02. The van der Waals surface area contributed by atoms with Gasteiger partial charge in [0.15, 0.2) is 11.1 Å². The van der Waals surface area contributed by atoms with Crippen LogP contribution in [0.3, 0.4) is 0 Å². The maximum absolute atomic E-state index is 10.6. The van der Waals surface area contributed by atoms with E-state index in [-0.39, 0.29) is 23.5 Å². The molecular formula is C6H12N4O2S. The van der Waals surface area contributed by atoms with Crippen LogP contribution in [0.25, 0.3) is 0 Å². The van der Waals surface area contributed by atoms with Gasteiger partial charge in [-0.15, -0.1) is 0 Å². The largest absolute Gasteiger partial charge is 0.469 e. The molecule has 0 spiro atoms. The fourth-order valence-electron chi connectivity index (χ4n) is 0.483. The molecule has 0 aliphatic heterocycles. The quantitative estimate of drug-likeness (QED) is 0.325. The summed E-state index contributed by atoms with van der Waals surface area (Å²) in [7, 11) is 1.31. The first-order chi connectivity index (χ1) is 6.06. The van der Waals surface area contributed by atoms with Crippen LogP contribution in [0.5, 0.6) is 0 Å². The second-order valence-corrected chi connectivity index (χ2v) is 3.10. The number of carbonyl (C=O) groups excluding carboxylic acids is 1. The van der Waals surface area contributed by atoms with Crippen LogP contribution in [0.15, 0.2) is 4.99 Å². The number of nitrogens with zero attached hydrogens (tertiary/aromatic N) is 1. The molecule has 0 aromatic rings. The summed E-state index contributed by atoms with van der Waals surface area (Å²) in [5, 5.41) is 7.17. The Morgan fingerprint density at radius 2 is 2.23 bits per heavy atom. The first-order valence-electron chi connectivity index (χ1n) is 3.44. The Labute approximate surface area is 80.2 Å². The zero-order valence-electron chi connectivity index (χ0n) is 7.24. The van der Waals surface area contributed by atoms with Crippen molar-refractivity contribution in [3.63, 3.8) is 0 Å². The molecule has 74 valence electrons. The van der Waals surface area contributed by atoms with Gasteiger partial charge in [0.2, 0.25) is 0 Å². The predicted octanol–water partition coefficient (Wildman–Crippen LogP) is -0.509. The third-order valence-corrected chi connectivity index (χ3v) is 1.78. The fraction of sp³-hybridized carbons (Fsp3) is 0.500. The number of hydrogen-bond acceptors (Lipinski definition) is 4. The standard InChI is InChI=1S/C6H12N4O2S/c1-12-4(11)2-3-13-6(9)10-5(7)8/h2-3H2,1H3,(H5,7,8,9,10). The monoisotopic (exact) mass is 204 g/mol. The lowest BCUT2D eigenvalue weighted by Crippen LogP contribution is -2.23. The summed E-state index contributed by atoms with van der Waals surface area (Å²) >= 11 is 1.08. The highest BCUT2D eigenvalue weighted by Gasteiger charge is 2.01. The number of nitrogens with one attached hydrogen (secondary N) is 1. The van der Waals surface area contributed by atoms with Gasteiger partial charge in [0.05, 0.1) is 13.5 Å². The number of ether oxygens (including phenoxy) is 1. The number of hydrogen-bond donors (Lipinski definition) is 3. The number of nitrogens with two attached hydrogens (primary N) is 2. The highest BCUT2D eigenvalue weighted by molar-refractivity contribution is 8.13. The number of esters is 1. The van der Waals surface area contributed by atoms with Gasteiger partial charge in [-0.1, -0.05) is 11.8 Å². The third-order valence-electron chi connectivity index (χ3n) is 1.00. The maximum Gasteiger partial charge on any atom is 0.306 e. The molecule has 0 atom stereocenters. The van der Waals surface area contributed by atoms with E-state index in [9.17, 15) is 4.79 Å². The lowest BCUT2D eigenvalue weighted by atomic mass is 10.5. The van der Waals surface area contributed by atoms with E-state index in [1.807, 2.05) is 0 Å². The SMILES string of the molecule is COC(=O)CCSC(=N)N=C(N)N. The Morgan fingerprint density at radius 1 is 1.62 bits per heavy atom. The van der Waals surface area contributed by atoms with Crippen LogP contribution in [-0.4, -0.2) is 30.0 Å². The minimum absolute atomic E-state index is 0.0103. The minimum atomic E-state index is -0.315. The number of rotatable bonds is 3. The van der Waals surface area contributed by atoms with Crippen molar-refractivity contribution in [2.24, 2.45) is 16.5 Å². The van der Waals surface area contributed by atoms with Crippen molar-refractivity contribution in [2.45, 2.75) is 6.42 Å². The molecule has 0 fully saturated rings. The average Bonchev–Trinajstić information content (AvgIpc) is 2.02. The first kappa shape index (κ1) is 11.8. The molecule has 0 saturated heterocycles. The molecule has 0 rings (SSSR count). The maximum atomic E-state index is 10.6. The average molecular weight is 204 g/mol. The number of aliphatic imine (C=N–C) groups is 1. The van der Waals surface area contributed by atoms with Crippen LogP contribution < -0.4 is 11.5 Å². The number of thioether (sulfide) groups is 1. The van der Waals surface area contributed by atoms with E-state index < -0.39 is 0 Å². The molecule has 0 saturated carbocycles. The lowest BCUT2D eigenvalue weighted by molar-refractivity contribution is -0.140. The molecule has 0 aliphatic rings.